The number of rotatable bonds is 7. The summed E-state index contributed by atoms with van der Waals surface area (Å²) in [4.78, 5) is 15.8. The van der Waals surface area contributed by atoms with Gasteiger partial charge in [-0.05, 0) is 58.5 Å². The van der Waals surface area contributed by atoms with E-state index >= 15 is 0 Å². The van der Waals surface area contributed by atoms with Crippen LogP contribution < -0.4 is 5.32 Å². The summed E-state index contributed by atoms with van der Waals surface area (Å²) >= 11 is 0. The van der Waals surface area contributed by atoms with E-state index < -0.39 is 17.7 Å². The minimum atomic E-state index is -4.54. The number of aromatic nitrogens is 1. The second-order valence-electron chi connectivity index (χ2n) is 8.92. The molecule has 2 N–H and O–H groups in total. The van der Waals surface area contributed by atoms with E-state index in [0.717, 1.165) is 22.8 Å². The molecule has 0 atom stereocenters. The van der Waals surface area contributed by atoms with Crippen LogP contribution in [0.3, 0.4) is 0 Å². The highest BCUT2D eigenvalue weighted by molar-refractivity contribution is 5.98. The summed E-state index contributed by atoms with van der Waals surface area (Å²) in [7, 11) is 0. The van der Waals surface area contributed by atoms with Gasteiger partial charge in [0.05, 0.1) is 16.6 Å². The third kappa shape index (κ3) is 5.22. The average molecular weight is 513 g/mol. The molecule has 0 fully saturated rings. The molecule has 0 aliphatic heterocycles. The van der Waals surface area contributed by atoms with Gasteiger partial charge in [-0.3, -0.25) is 4.98 Å². The minimum Gasteiger partial charge on any atom is -0.478 e. The fourth-order valence-corrected chi connectivity index (χ4v) is 4.65. The summed E-state index contributed by atoms with van der Waals surface area (Å²) in [6, 6.07) is 28.0. The first-order chi connectivity index (χ1) is 18.3. The first-order valence-electron chi connectivity index (χ1n) is 12.0. The van der Waals surface area contributed by atoms with Gasteiger partial charge < -0.3 is 10.4 Å². The zero-order chi connectivity index (χ0) is 26.7. The van der Waals surface area contributed by atoms with E-state index in [-0.39, 0.29) is 17.6 Å². The lowest BCUT2D eigenvalue weighted by Crippen LogP contribution is -2.08. The molecule has 38 heavy (non-hydrogen) atoms. The Morgan fingerprint density at radius 1 is 0.842 bits per heavy atom. The molecule has 0 saturated carbocycles. The first kappa shape index (κ1) is 25.0. The quantitative estimate of drug-likeness (QED) is 0.233. The maximum absolute atomic E-state index is 13.8. The molecule has 5 aromatic rings. The van der Waals surface area contributed by atoms with E-state index in [0.29, 0.717) is 28.6 Å². The number of hydrogen-bond donors (Lipinski definition) is 2. The number of halogens is 3. The molecule has 0 radical (unpaired) electrons. The standard InChI is InChI=1S/C31H23F3N2O2/c32-31(33,34)27-15-7-14-26-28(23(19-36-29(26)27)16-20-8-2-1-3-9-20)21-11-6-12-24(17-21)35-18-22-10-4-5-13-25(22)30(37)38/h1-15,17,19,35H,16,18H2,(H,37,38). The summed E-state index contributed by atoms with van der Waals surface area (Å²) in [5.41, 5.74) is 3.91. The lowest BCUT2D eigenvalue weighted by atomic mass is 9.91. The fraction of sp³-hybridized carbons (Fsp3) is 0.0968. The van der Waals surface area contributed by atoms with Gasteiger partial charge in [-0.15, -0.1) is 0 Å². The van der Waals surface area contributed by atoms with Crippen molar-refractivity contribution >= 4 is 22.6 Å². The molecule has 1 heterocycles. The second-order valence-corrected chi connectivity index (χ2v) is 8.92. The van der Waals surface area contributed by atoms with E-state index in [1.165, 1.54) is 12.3 Å². The van der Waals surface area contributed by atoms with Gasteiger partial charge in [0.25, 0.3) is 0 Å². The Hall–Kier alpha value is -4.65. The van der Waals surface area contributed by atoms with Crippen LogP contribution >= 0.6 is 0 Å². The van der Waals surface area contributed by atoms with Crippen LogP contribution in [0.2, 0.25) is 0 Å². The third-order valence-electron chi connectivity index (χ3n) is 6.40. The number of nitrogens with one attached hydrogen (secondary N) is 1. The number of anilines is 1. The molecular formula is C31H23F3N2O2. The van der Waals surface area contributed by atoms with Crippen molar-refractivity contribution in [1.29, 1.82) is 0 Å². The lowest BCUT2D eigenvalue weighted by molar-refractivity contribution is -0.136. The van der Waals surface area contributed by atoms with Crippen LogP contribution in [-0.2, 0) is 19.1 Å². The van der Waals surface area contributed by atoms with Crippen molar-refractivity contribution in [3.05, 3.63) is 131 Å². The van der Waals surface area contributed by atoms with Gasteiger partial charge in [-0.2, -0.15) is 13.2 Å². The second kappa shape index (κ2) is 10.4. The Balaban J connectivity index is 1.60. The van der Waals surface area contributed by atoms with Crippen LogP contribution in [-0.4, -0.2) is 16.1 Å². The summed E-state index contributed by atoms with van der Waals surface area (Å²) < 4.78 is 41.5. The first-order valence-corrected chi connectivity index (χ1v) is 12.0. The molecule has 5 rings (SSSR count). The van der Waals surface area contributed by atoms with Crippen molar-refractivity contribution in [1.82, 2.24) is 4.98 Å². The van der Waals surface area contributed by atoms with Crippen LogP contribution in [0, 0.1) is 0 Å². The van der Waals surface area contributed by atoms with Crippen molar-refractivity contribution in [3.63, 3.8) is 0 Å². The van der Waals surface area contributed by atoms with E-state index in [2.05, 4.69) is 10.3 Å². The monoisotopic (exact) mass is 512 g/mol. The molecule has 0 aliphatic carbocycles. The summed E-state index contributed by atoms with van der Waals surface area (Å²) in [6.07, 6.45) is -2.51. The van der Waals surface area contributed by atoms with Crippen molar-refractivity contribution in [2.45, 2.75) is 19.1 Å². The van der Waals surface area contributed by atoms with Crippen molar-refractivity contribution in [3.8, 4) is 11.1 Å². The number of fused-ring (bicyclic) bond motifs is 1. The predicted molar refractivity (Wildman–Crippen MR) is 142 cm³/mol. The van der Waals surface area contributed by atoms with Crippen molar-refractivity contribution < 1.29 is 23.1 Å². The number of alkyl halides is 3. The van der Waals surface area contributed by atoms with Crippen LogP contribution in [0.4, 0.5) is 18.9 Å². The van der Waals surface area contributed by atoms with Gasteiger partial charge in [0.15, 0.2) is 0 Å². The van der Waals surface area contributed by atoms with Crippen LogP contribution in [0.1, 0.15) is 32.6 Å². The SMILES string of the molecule is O=C(O)c1ccccc1CNc1cccc(-c2c(Cc3ccccc3)cnc3c(C(F)(F)F)cccc23)c1. The number of nitrogens with zero attached hydrogens (tertiary/aromatic N) is 1. The fourth-order valence-electron chi connectivity index (χ4n) is 4.65. The van der Waals surface area contributed by atoms with E-state index in [1.54, 1.807) is 30.3 Å². The van der Waals surface area contributed by atoms with Gasteiger partial charge in [0.2, 0.25) is 0 Å². The number of carboxylic acid groups (broad SMARTS) is 1. The molecule has 4 nitrogen and oxygen atoms in total. The number of carbonyl (C=O) groups is 1. The topological polar surface area (TPSA) is 62.2 Å². The molecule has 1 aromatic heterocycles. The molecule has 7 heteroatoms. The van der Waals surface area contributed by atoms with Crippen molar-refractivity contribution in [2.75, 3.05) is 5.32 Å². The molecule has 190 valence electrons. The van der Waals surface area contributed by atoms with Crippen molar-refractivity contribution in [2.24, 2.45) is 0 Å². The molecule has 0 bridgehead atoms. The molecule has 0 saturated heterocycles. The normalized spacial score (nSPS) is 11.4. The summed E-state index contributed by atoms with van der Waals surface area (Å²) in [5, 5.41) is 13.2. The van der Waals surface area contributed by atoms with Crippen LogP contribution in [0.5, 0.6) is 0 Å². The van der Waals surface area contributed by atoms with Gasteiger partial charge in [-0.25, -0.2) is 4.79 Å². The zero-order valence-corrected chi connectivity index (χ0v) is 20.2. The number of pyridine rings is 1. The molecule has 0 spiro atoms. The van der Waals surface area contributed by atoms with Crippen LogP contribution in [0.25, 0.3) is 22.0 Å². The number of hydrogen-bond acceptors (Lipinski definition) is 3. The van der Waals surface area contributed by atoms with Gasteiger partial charge >= 0.3 is 12.1 Å². The number of benzene rings is 4. The van der Waals surface area contributed by atoms with Gasteiger partial charge in [-0.1, -0.05) is 72.8 Å². The Labute approximate surface area is 217 Å². The zero-order valence-electron chi connectivity index (χ0n) is 20.2. The van der Waals surface area contributed by atoms with E-state index in [9.17, 15) is 23.1 Å². The van der Waals surface area contributed by atoms with Gasteiger partial charge in [0.1, 0.15) is 0 Å². The Morgan fingerprint density at radius 3 is 2.34 bits per heavy atom. The highest BCUT2D eigenvalue weighted by Crippen LogP contribution is 2.39. The predicted octanol–water partition coefficient (Wildman–Crippen LogP) is 7.82. The number of aromatic carboxylic acids is 1. The molecule has 0 unspecified atom stereocenters. The van der Waals surface area contributed by atoms with Crippen LogP contribution in [0.15, 0.2) is 103 Å². The smallest absolute Gasteiger partial charge is 0.418 e. The van der Waals surface area contributed by atoms with E-state index in [4.69, 9.17) is 0 Å². The maximum atomic E-state index is 13.8. The minimum absolute atomic E-state index is 0.0967. The number of para-hydroxylation sites is 1. The molecular weight excluding hydrogens is 489 g/mol. The average Bonchev–Trinajstić information content (AvgIpc) is 2.91. The molecule has 0 amide bonds. The lowest BCUT2D eigenvalue weighted by Gasteiger charge is -2.17. The third-order valence-corrected chi connectivity index (χ3v) is 6.40. The van der Waals surface area contributed by atoms with E-state index in [1.807, 2.05) is 54.6 Å². The Bertz CT molecular complexity index is 1620. The maximum Gasteiger partial charge on any atom is 0.418 e. The summed E-state index contributed by atoms with van der Waals surface area (Å²) in [6.45, 7) is 0.276. The largest absolute Gasteiger partial charge is 0.478 e. The van der Waals surface area contributed by atoms with Gasteiger partial charge in [0, 0.05) is 23.8 Å². The highest BCUT2D eigenvalue weighted by Gasteiger charge is 2.33. The summed E-state index contributed by atoms with van der Waals surface area (Å²) in [5.74, 6) is -1.01. The Kier molecular flexibility index (Phi) is 6.83. The number of carboxylic acids is 1. The molecule has 4 aromatic carbocycles. The Morgan fingerprint density at radius 2 is 1.58 bits per heavy atom. The highest BCUT2D eigenvalue weighted by atomic mass is 19.4. The molecule has 0 aliphatic rings.